The Hall–Kier alpha value is -1.29. The number of allylic oxidation sites excluding steroid dienone is 1. The minimum Gasteiger partial charge on any atom is -0.417 e. The zero-order valence-electron chi connectivity index (χ0n) is 46.9. The number of nitrogens with zero attached hydrogens (tertiary/aromatic N) is 1. The molecule has 0 aliphatic heterocycles. The van der Waals surface area contributed by atoms with Gasteiger partial charge in [-0.05, 0) is 134 Å². The number of aromatic nitrogens is 1. The SMILES string of the molecule is C/C(=C\C[C@H](O[Si](C)(C)C(C)(C)C)/C(C)=C/c1csc(C)n1)c1cccc([C@H](C)[C@H](O[Si](C)(C)C(C)(C)C)[C@@H](C)C(=O)C(C)(C)[C@H](CCO[Si](C)(C)C(C)(C)C)O[Si](C)(C)C(C)(C)C)c1. The Morgan fingerprint density at radius 3 is 1.69 bits per heavy atom. The summed E-state index contributed by atoms with van der Waals surface area (Å²) in [5.41, 5.74) is 4.97. The van der Waals surface area contributed by atoms with Gasteiger partial charge in [-0.25, -0.2) is 4.98 Å². The van der Waals surface area contributed by atoms with Crippen molar-refractivity contribution in [3.05, 3.63) is 63.1 Å². The maximum atomic E-state index is 15.4. The van der Waals surface area contributed by atoms with Crippen LogP contribution in [-0.2, 0) is 22.5 Å². The predicted molar refractivity (Wildman–Crippen MR) is 296 cm³/mol. The summed E-state index contributed by atoms with van der Waals surface area (Å²) in [7, 11) is -8.70. The van der Waals surface area contributed by atoms with E-state index in [1.165, 1.54) is 22.3 Å². The lowest BCUT2D eigenvalue weighted by molar-refractivity contribution is -0.140. The van der Waals surface area contributed by atoms with Crippen LogP contribution in [0.4, 0.5) is 0 Å². The Labute approximate surface area is 409 Å². The molecule has 1 aromatic carbocycles. The number of rotatable bonds is 21. The molecule has 2 rings (SSSR count). The van der Waals surface area contributed by atoms with E-state index in [2.05, 4.69) is 226 Å². The number of thiazole rings is 1. The van der Waals surface area contributed by atoms with Gasteiger partial charge in [-0.2, -0.15) is 0 Å². The molecule has 0 saturated heterocycles. The van der Waals surface area contributed by atoms with Crippen LogP contribution in [0.2, 0.25) is 72.5 Å². The van der Waals surface area contributed by atoms with Gasteiger partial charge in [0, 0.05) is 29.2 Å². The smallest absolute Gasteiger partial charge is 0.192 e. The van der Waals surface area contributed by atoms with Crippen molar-refractivity contribution >= 4 is 62.0 Å². The third-order valence-corrected chi connectivity index (χ3v) is 35.0. The molecule has 6 nitrogen and oxygen atoms in total. The van der Waals surface area contributed by atoms with Crippen molar-refractivity contribution < 1.29 is 22.5 Å². The molecule has 0 bridgehead atoms. The Bertz CT molecular complexity index is 1930. The first-order valence-electron chi connectivity index (χ1n) is 24.6. The number of benzene rings is 1. The number of hydrogen-bond acceptors (Lipinski definition) is 7. The molecular weight excluding hydrogens is 887 g/mol. The van der Waals surface area contributed by atoms with Gasteiger partial charge in [0.1, 0.15) is 5.78 Å². The number of aryl methyl sites for hydroxylation is 1. The fourth-order valence-electron chi connectivity index (χ4n) is 7.08. The summed E-state index contributed by atoms with van der Waals surface area (Å²) in [5.74, 6) is -0.235. The van der Waals surface area contributed by atoms with E-state index < -0.39 is 38.7 Å². The zero-order chi connectivity index (χ0) is 50.7. The third-order valence-electron chi connectivity index (χ3n) is 16.2. The van der Waals surface area contributed by atoms with Gasteiger partial charge in [0.15, 0.2) is 33.3 Å². The lowest BCUT2D eigenvalue weighted by atomic mass is 9.72. The summed E-state index contributed by atoms with van der Waals surface area (Å²) in [6, 6.07) is 8.93. The van der Waals surface area contributed by atoms with E-state index in [-0.39, 0.29) is 56.1 Å². The summed E-state index contributed by atoms with van der Waals surface area (Å²) in [5, 5.41) is 3.33. The highest BCUT2D eigenvalue weighted by atomic mass is 32.1. The first-order chi connectivity index (χ1) is 29.0. The molecular formula is C54H99NO5SSi4. The average molecular weight is 987 g/mol. The second-order valence-corrected chi connectivity index (χ2v) is 46.2. The number of hydrogen-bond donors (Lipinski definition) is 0. The van der Waals surface area contributed by atoms with Crippen LogP contribution in [0.15, 0.2) is 41.3 Å². The van der Waals surface area contributed by atoms with Gasteiger partial charge in [-0.15, -0.1) is 11.3 Å². The van der Waals surface area contributed by atoms with Crippen molar-refractivity contribution in [2.24, 2.45) is 11.3 Å². The number of carbonyl (C=O) groups excluding carboxylic acids is 1. The molecule has 0 spiro atoms. The minimum atomic E-state index is -2.34. The molecule has 372 valence electrons. The maximum Gasteiger partial charge on any atom is 0.192 e. The monoisotopic (exact) mass is 986 g/mol. The maximum absolute atomic E-state index is 15.4. The highest BCUT2D eigenvalue weighted by Crippen LogP contribution is 2.46. The summed E-state index contributed by atoms with van der Waals surface area (Å²) in [6.45, 7) is 61.6. The van der Waals surface area contributed by atoms with Crippen LogP contribution in [0, 0.1) is 18.3 Å². The molecule has 65 heavy (non-hydrogen) atoms. The van der Waals surface area contributed by atoms with E-state index in [9.17, 15) is 0 Å². The average Bonchev–Trinajstić information content (AvgIpc) is 3.55. The van der Waals surface area contributed by atoms with Gasteiger partial charge >= 0.3 is 0 Å². The first kappa shape index (κ1) is 59.8. The third kappa shape index (κ3) is 15.9. The van der Waals surface area contributed by atoms with Crippen molar-refractivity contribution in [1.29, 1.82) is 0 Å². The van der Waals surface area contributed by atoms with Crippen LogP contribution in [0.25, 0.3) is 11.6 Å². The van der Waals surface area contributed by atoms with Crippen LogP contribution in [0.3, 0.4) is 0 Å². The van der Waals surface area contributed by atoms with Crippen LogP contribution in [0.1, 0.15) is 165 Å². The van der Waals surface area contributed by atoms with Crippen LogP contribution in [-0.4, -0.2) is 69.0 Å². The van der Waals surface area contributed by atoms with Crippen LogP contribution < -0.4 is 0 Å². The number of Topliss-reactive ketones (excluding diaryl/α,β-unsaturated/α-hetero) is 1. The standard InChI is InChI=1S/C54H99NO5SSi4/c1-38(31-32-46(58-63(22,23)51(9,10)11)39(2)35-45-37-61-42(5)55-45)43-29-28-30-44(36-43)40(3)48(60-65(26,27)53(15,16)17)41(4)49(56)54(18,19)47(59-64(24,25)52(12,13)14)33-34-57-62(20,21)50(6,7)8/h28-31,35-37,40-41,46-48H,32-34H2,1-27H3/b38-31+,39-35+/t40-,41+,46-,47-,48-/m0/s1. The molecule has 1 aromatic heterocycles. The van der Waals surface area contributed by atoms with Gasteiger partial charge in [-0.1, -0.05) is 141 Å². The van der Waals surface area contributed by atoms with E-state index in [4.69, 9.17) is 22.7 Å². The van der Waals surface area contributed by atoms with Crippen LogP contribution >= 0.6 is 11.3 Å². The quantitative estimate of drug-likeness (QED) is 0.116. The predicted octanol–water partition coefficient (Wildman–Crippen LogP) is 17.3. The lowest BCUT2D eigenvalue weighted by Gasteiger charge is -2.47. The van der Waals surface area contributed by atoms with Crippen molar-refractivity contribution in [2.75, 3.05) is 6.61 Å². The molecule has 0 aliphatic rings. The van der Waals surface area contributed by atoms with E-state index in [0.717, 1.165) is 17.1 Å². The van der Waals surface area contributed by atoms with Gasteiger partial charge in [-0.3, -0.25) is 4.79 Å². The topological polar surface area (TPSA) is 66.9 Å². The largest absolute Gasteiger partial charge is 0.417 e. The van der Waals surface area contributed by atoms with E-state index in [1.807, 2.05) is 0 Å². The Kier molecular flexibility index (Phi) is 20.0. The van der Waals surface area contributed by atoms with Gasteiger partial charge in [0.25, 0.3) is 0 Å². The molecule has 0 unspecified atom stereocenters. The van der Waals surface area contributed by atoms with E-state index >= 15 is 4.79 Å². The lowest BCUT2D eigenvalue weighted by Crippen LogP contribution is -2.54. The minimum absolute atomic E-state index is 0.00857. The first-order valence-corrected chi connectivity index (χ1v) is 37.1. The van der Waals surface area contributed by atoms with Gasteiger partial charge in [0.2, 0.25) is 0 Å². The summed E-state index contributed by atoms with van der Waals surface area (Å²) >= 11 is 1.68. The summed E-state index contributed by atoms with van der Waals surface area (Å²) in [6.07, 6.45) is 5.30. The molecule has 0 aliphatic carbocycles. The second-order valence-electron chi connectivity index (χ2n) is 26.1. The Morgan fingerprint density at radius 1 is 0.723 bits per heavy atom. The summed E-state index contributed by atoms with van der Waals surface area (Å²) < 4.78 is 28.6. The Morgan fingerprint density at radius 2 is 1.22 bits per heavy atom. The molecule has 11 heteroatoms. The van der Waals surface area contributed by atoms with Gasteiger partial charge < -0.3 is 17.7 Å². The normalized spacial score (nSPS) is 17.2. The molecule has 0 radical (unpaired) electrons. The van der Waals surface area contributed by atoms with Gasteiger partial charge in [0.05, 0.1) is 29.0 Å². The summed E-state index contributed by atoms with van der Waals surface area (Å²) in [4.78, 5) is 20.2. The van der Waals surface area contributed by atoms with Crippen molar-refractivity contribution in [2.45, 2.75) is 241 Å². The van der Waals surface area contributed by atoms with E-state index in [1.54, 1.807) is 11.3 Å². The second kappa shape index (κ2) is 21.8. The molecule has 1 heterocycles. The number of ketones is 1. The molecule has 0 N–H and O–H groups in total. The van der Waals surface area contributed by atoms with E-state index in [0.29, 0.717) is 13.0 Å². The number of carbonyl (C=O) groups is 1. The zero-order valence-corrected chi connectivity index (χ0v) is 51.8. The molecule has 0 amide bonds. The van der Waals surface area contributed by atoms with Crippen molar-refractivity contribution in [3.8, 4) is 0 Å². The molecule has 0 fully saturated rings. The van der Waals surface area contributed by atoms with Crippen molar-refractivity contribution in [3.63, 3.8) is 0 Å². The highest BCUT2D eigenvalue weighted by Gasteiger charge is 2.50. The fraction of sp³-hybridized carbons (Fsp3) is 0.741. The fourth-order valence-corrected chi connectivity index (χ4v) is 13.0. The molecule has 5 atom stereocenters. The highest BCUT2D eigenvalue weighted by molar-refractivity contribution is 7.09. The molecule has 0 saturated carbocycles. The molecule has 2 aromatic rings. The Balaban J connectivity index is 2.66. The van der Waals surface area contributed by atoms with Crippen LogP contribution in [0.5, 0.6) is 0 Å². The van der Waals surface area contributed by atoms with Crippen molar-refractivity contribution in [1.82, 2.24) is 4.98 Å².